The number of carbonyl (C=O) groups excluding carboxylic acids is 1. The molecule has 4 aliphatic rings. The first kappa shape index (κ1) is 18.6. The van der Waals surface area contributed by atoms with Gasteiger partial charge in [-0.25, -0.2) is 4.39 Å². The average Bonchev–Trinajstić information content (AvgIpc) is 3.09. The molecule has 3 saturated carbocycles. The Bertz CT molecular complexity index is 784. The van der Waals surface area contributed by atoms with Crippen molar-refractivity contribution in [3.05, 3.63) is 30.1 Å². The lowest BCUT2D eigenvalue weighted by atomic mass is 9.46. The maximum atomic E-state index is 16.4. The largest absolute Gasteiger partial charge is 0.339 e. The highest BCUT2D eigenvalue weighted by Gasteiger charge is 2.65. The monoisotopic (exact) mass is 384 g/mol. The molecule has 0 aromatic carbocycles. The molecule has 0 spiro atoms. The van der Waals surface area contributed by atoms with Gasteiger partial charge in [-0.15, -0.1) is 0 Å². The van der Waals surface area contributed by atoms with E-state index in [0.29, 0.717) is 17.3 Å². The summed E-state index contributed by atoms with van der Waals surface area (Å²) < 4.78 is 16.4. The van der Waals surface area contributed by atoms with Gasteiger partial charge in [0, 0.05) is 25.7 Å². The Morgan fingerprint density at radius 2 is 1.93 bits per heavy atom. The van der Waals surface area contributed by atoms with Crippen molar-refractivity contribution < 1.29 is 9.18 Å². The second kappa shape index (κ2) is 6.03. The summed E-state index contributed by atoms with van der Waals surface area (Å²) in [5.41, 5.74) is -1.40. The predicted octanol–water partition coefficient (Wildman–Crippen LogP) is 5.11. The van der Waals surface area contributed by atoms with E-state index < -0.39 is 11.6 Å². The fourth-order valence-electron chi connectivity index (χ4n) is 8.13. The highest BCUT2D eigenvalue weighted by atomic mass is 19.1. The minimum absolute atomic E-state index is 0.152. The molecule has 2 heterocycles. The van der Waals surface area contributed by atoms with Crippen LogP contribution in [0.15, 0.2) is 24.4 Å². The second-order valence-electron chi connectivity index (χ2n) is 10.7. The van der Waals surface area contributed by atoms with E-state index in [1.54, 1.807) is 29.3 Å². The van der Waals surface area contributed by atoms with Crippen molar-refractivity contribution in [2.75, 3.05) is 7.05 Å². The van der Waals surface area contributed by atoms with Gasteiger partial charge in [-0.05, 0) is 79.2 Å². The number of likely N-dealkylation sites (tertiary alicyclic amines) is 1. The maximum Gasteiger partial charge on any atom is 0.266 e. The number of nitrogens with zero attached hydrogens (tertiary/aromatic N) is 2. The zero-order valence-electron chi connectivity index (χ0n) is 17.5. The molecule has 1 aliphatic heterocycles. The summed E-state index contributed by atoms with van der Waals surface area (Å²) in [6, 6.07) is 5.41. The van der Waals surface area contributed by atoms with Crippen molar-refractivity contribution in [2.24, 2.45) is 28.6 Å². The van der Waals surface area contributed by atoms with Gasteiger partial charge in [0.2, 0.25) is 5.67 Å². The number of aromatic nitrogens is 1. The van der Waals surface area contributed by atoms with Gasteiger partial charge in [0.05, 0.1) is 5.69 Å². The van der Waals surface area contributed by atoms with Crippen molar-refractivity contribution >= 4 is 5.91 Å². The highest BCUT2D eigenvalue weighted by Crippen LogP contribution is 2.66. The number of rotatable bonds is 1. The van der Waals surface area contributed by atoms with Gasteiger partial charge in [-0.1, -0.05) is 26.3 Å². The molecule has 1 amide bonds. The van der Waals surface area contributed by atoms with Gasteiger partial charge in [-0.3, -0.25) is 9.78 Å². The Morgan fingerprint density at radius 1 is 1.11 bits per heavy atom. The molecule has 152 valence electrons. The predicted molar refractivity (Wildman–Crippen MR) is 107 cm³/mol. The van der Waals surface area contributed by atoms with Crippen LogP contribution >= 0.6 is 0 Å². The zero-order valence-corrected chi connectivity index (χ0v) is 17.5. The fourth-order valence-corrected chi connectivity index (χ4v) is 8.13. The van der Waals surface area contributed by atoms with Crippen LogP contribution in [0.5, 0.6) is 0 Å². The quantitative estimate of drug-likeness (QED) is 0.674. The molecule has 0 N–H and O–H groups in total. The van der Waals surface area contributed by atoms with E-state index >= 15 is 4.39 Å². The van der Waals surface area contributed by atoms with E-state index in [9.17, 15) is 4.79 Å². The minimum atomic E-state index is -2.00. The van der Waals surface area contributed by atoms with Gasteiger partial charge in [-0.2, -0.15) is 0 Å². The molecule has 3 nitrogen and oxygen atoms in total. The lowest BCUT2D eigenvalue weighted by molar-refractivity contribution is -0.183. The van der Waals surface area contributed by atoms with Gasteiger partial charge in [0.15, 0.2) is 0 Å². The molecule has 0 bridgehead atoms. The topological polar surface area (TPSA) is 33.2 Å². The van der Waals surface area contributed by atoms with E-state index in [4.69, 9.17) is 0 Å². The highest BCUT2D eigenvalue weighted by molar-refractivity contribution is 5.87. The van der Waals surface area contributed by atoms with Crippen LogP contribution in [0.1, 0.15) is 70.9 Å². The minimum Gasteiger partial charge on any atom is -0.339 e. The Kier molecular flexibility index (Phi) is 4.00. The summed E-state index contributed by atoms with van der Waals surface area (Å²) >= 11 is 0. The molecule has 1 aromatic rings. The third kappa shape index (κ3) is 2.32. The Morgan fingerprint density at radius 3 is 2.68 bits per heavy atom. The normalized spacial score (nSPS) is 48.0. The van der Waals surface area contributed by atoms with E-state index in [-0.39, 0.29) is 23.6 Å². The first-order valence-electron chi connectivity index (χ1n) is 11.2. The van der Waals surface area contributed by atoms with Crippen LogP contribution in [0.2, 0.25) is 0 Å². The molecule has 5 rings (SSSR count). The van der Waals surface area contributed by atoms with Crippen molar-refractivity contribution in [3.8, 4) is 0 Å². The fraction of sp³-hybridized carbons (Fsp3) is 0.750. The summed E-state index contributed by atoms with van der Waals surface area (Å²) in [5.74, 6) is 1.60. The molecule has 3 aliphatic carbocycles. The van der Waals surface area contributed by atoms with Crippen LogP contribution in [-0.2, 0) is 10.5 Å². The molecule has 0 unspecified atom stereocenters. The summed E-state index contributed by atoms with van der Waals surface area (Å²) in [4.78, 5) is 19.2. The number of hydrogen-bond donors (Lipinski definition) is 0. The van der Waals surface area contributed by atoms with E-state index in [1.807, 2.05) is 7.05 Å². The molecule has 0 radical (unpaired) electrons. The summed E-state index contributed by atoms with van der Waals surface area (Å²) in [6.45, 7) is 4.78. The third-order valence-corrected chi connectivity index (χ3v) is 9.42. The zero-order chi connectivity index (χ0) is 19.7. The van der Waals surface area contributed by atoms with Crippen LogP contribution in [-0.4, -0.2) is 28.9 Å². The third-order valence-electron chi connectivity index (χ3n) is 9.42. The van der Waals surface area contributed by atoms with Crippen LogP contribution < -0.4 is 0 Å². The van der Waals surface area contributed by atoms with Crippen molar-refractivity contribution in [3.63, 3.8) is 0 Å². The molecule has 1 aromatic heterocycles. The van der Waals surface area contributed by atoms with E-state index in [1.165, 1.54) is 38.5 Å². The van der Waals surface area contributed by atoms with Crippen molar-refractivity contribution in [1.82, 2.24) is 9.88 Å². The van der Waals surface area contributed by atoms with Crippen LogP contribution in [0.25, 0.3) is 0 Å². The average molecular weight is 385 g/mol. The number of fused-ring (bicyclic) bond motifs is 5. The Hall–Kier alpha value is -1.45. The van der Waals surface area contributed by atoms with Crippen LogP contribution in [0, 0.1) is 28.6 Å². The number of hydrogen-bond acceptors (Lipinski definition) is 2. The molecule has 1 saturated heterocycles. The Balaban J connectivity index is 1.55. The molecular weight excluding hydrogens is 351 g/mol. The first-order chi connectivity index (χ1) is 13.3. The van der Waals surface area contributed by atoms with Crippen LogP contribution in [0.4, 0.5) is 4.39 Å². The number of pyridine rings is 1. The Labute approximate surface area is 168 Å². The second-order valence-corrected chi connectivity index (χ2v) is 10.7. The maximum absolute atomic E-state index is 16.4. The van der Waals surface area contributed by atoms with Crippen molar-refractivity contribution in [2.45, 2.75) is 76.9 Å². The number of amides is 1. The number of halogens is 1. The molecular formula is C24H33FN2O. The summed E-state index contributed by atoms with van der Waals surface area (Å²) in [7, 11) is 1.82. The first-order valence-corrected chi connectivity index (χ1v) is 11.2. The van der Waals surface area contributed by atoms with Gasteiger partial charge in [0.25, 0.3) is 5.91 Å². The van der Waals surface area contributed by atoms with Crippen molar-refractivity contribution in [1.29, 1.82) is 0 Å². The summed E-state index contributed by atoms with van der Waals surface area (Å²) in [6.07, 6.45) is 10.6. The lowest BCUT2D eigenvalue weighted by Gasteiger charge is -2.63. The van der Waals surface area contributed by atoms with Gasteiger partial charge >= 0.3 is 0 Å². The number of likely N-dealkylation sites (N-methyl/N-ethyl adjacent to an activating group) is 1. The molecule has 7 atom stereocenters. The van der Waals surface area contributed by atoms with Crippen LogP contribution in [0.3, 0.4) is 0 Å². The van der Waals surface area contributed by atoms with E-state index in [0.717, 1.165) is 12.3 Å². The van der Waals surface area contributed by atoms with Gasteiger partial charge < -0.3 is 4.90 Å². The standard InChI is InChI=1S/C24H33FN2O/c1-22-12-6-7-17(22)16-9-10-20-23(2,18(16)11-13-22)15-24(25,21(28)27(20)3)19-8-4-5-14-26-19/h4-5,8,14,16-18,20H,6-7,9-13,15H2,1-3H3/t16-,17-,18-,20+,22-,23+,24-/m0/s1. The molecule has 28 heavy (non-hydrogen) atoms. The number of carbonyl (C=O) groups is 1. The molecule has 4 heteroatoms. The SMILES string of the molecule is CN1C(=O)[C@@](F)(c2ccccn2)C[C@]2(C)[C@H]3CC[C@]4(C)CCC[C@H]4[C@@H]3CC[C@@H]12. The number of piperidine rings is 1. The smallest absolute Gasteiger partial charge is 0.266 e. The lowest BCUT2D eigenvalue weighted by Crippen LogP contribution is -2.66. The summed E-state index contributed by atoms with van der Waals surface area (Å²) in [5, 5.41) is 0. The number of alkyl halides is 1. The molecule has 4 fully saturated rings. The van der Waals surface area contributed by atoms with Gasteiger partial charge in [0.1, 0.15) is 0 Å². The van der Waals surface area contributed by atoms with E-state index in [2.05, 4.69) is 18.8 Å².